The quantitative estimate of drug-likeness (QED) is 0.452. The molecule has 0 saturated heterocycles. The van der Waals surface area contributed by atoms with Gasteiger partial charge >= 0.3 is 0 Å². The first kappa shape index (κ1) is 22.8. The van der Waals surface area contributed by atoms with Crippen LogP contribution in [0.3, 0.4) is 0 Å². The maximum atomic E-state index is 13.9. The molecule has 0 bridgehead atoms. The molecule has 0 atom stereocenters. The molecule has 6 heteroatoms. The fourth-order valence-electron chi connectivity index (χ4n) is 5.50. The van der Waals surface area contributed by atoms with Crippen molar-refractivity contribution >= 4 is 23.0 Å². The van der Waals surface area contributed by atoms with Crippen LogP contribution in [0, 0.1) is 17.2 Å². The van der Waals surface area contributed by atoms with E-state index >= 15 is 0 Å². The second kappa shape index (κ2) is 8.99. The second-order valence-corrected chi connectivity index (χ2v) is 10.7. The maximum absolute atomic E-state index is 13.9. The van der Waals surface area contributed by atoms with Gasteiger partial charge in [0, 0.05) is 18.0 Å². The standard InChI is InChI=1S/C28H28FNO3S/c1-17(31)22-13-28(14-22)15-24(16-28)30-27(32)26-20(7-8-34-26)9-18-3-5-19(6-4-18)21-10-23(29)12-25(11-21)33-2/h3-8,10-12,22,24H,9,13-16H2,1-2H3,(H,30,32). The van der Waals surface area contributed by atoms with E-state index in [0.29, 0.717) is 23.4 Å². The van der Waals surface area contributed by atoms with Crippen molar-refractivity contribution in [1.29, 1.82) is 0 Å². The lowest BCUT2D eigenvalue weighted by atomic mass is 9.49. The first-order chi connectivity index (χ1) is 16.3. The third-order valence-corrected chi connectivity index (χ3v) is 8.33. The van der Waals surface area contributed by atoms with E-state index in [0.717, 1.165) is 52.8 Å². The highest BCUT2D eigenvalue weighted by Gasteiger charge is 2.54. The van der Waals surface area contributed by atoms with Gasteiger partial charge in [0.25, 0.3) is 5.91 Å². The van der Waals surface area contributed by atoms with Crippen molar-refractivity contribution < 1.29 is 18.7 Å². The number of carbonyl (C=O) groups excluding carboxylic acids is 2. The molecule has 0 unspecified atom stereocenters. The zero-order valence-electron chi connectivity index (χ0n) is 19.4. The number of rotatable bonds is 7. The summed E-state index contributed by atoms with van der Waals surface area (Å²) in [5.74, 6) is 0.678. The lowest BCUT2D eigenvalue weighted by molar-refractivity contribution is -0.134. The normalized spacial score (nSPS) is 23.1. The molecule has 5 rings (SSSR count). The third-order valence-electron chi connectivity index (χ3n) is 7.37. The number of benzene rings is 2. The molecule has 4 nitrogen and oxygen atoms in total. The number of thiophene rings is 1. The van der Waals surface area contributed by atoms with Gasteiger partial charge in [-0.2, -0.15) is 0 Å². The van der Waals surface area contributed by atoms with E-state index < -0.39 is 0 Å². The Labute approximate surface area is 203 Å². The number of nitrogens with one attached hydrogen (secondary N) is 1. The topological polar surface area (TPSA) is 55.4 Å². The molecule has 0 radical (unpaired) electrons. The van der Waals surface area contributed by atoms with Gasteiger partial charge in [-0.05, 0) is 90.3 Å². The molecule has 176 valence electrons. The van der Waals surface area contributed by atoms with E-state index in [1.807, 2.05) is 41.8 Å². The van der Waals surface area contributed by atoms with E-state index in [2.05, 4.69) is 5.32 Å². The molecular weight excluding hydrogens is 449 g/mol. The number of ether oxygens (including phenoxy) is 1. The van der Waals surface area contributed by atoms with Crippen molar-refractivity contribution in [3.63, 3.8) is 0 Å². The SMILES string of the molecule is COc1cc(F)cc(-c2ccc(Cc3ccsc3C(=O)NC3CC4(C3)CC(C(C)=O)C4)cc2)c1. The summed E-state index contributed by atoms with van der Waals surface area (Å²) in [6.07, 6.45) is 4.59. The molecule has 2 aromatic carbocycles. The Kier molecular flexibility index (Phi) is 6.02. The minimum atomic E-state index is -0.333. The number of ketones is 1. The fraction of sp³-hybridized carbons (Fsp3) is 0.357. The summed E-state index contributed by atoms with van der Waals surface area (Å²) in [5.41, 5.74) is 4.06. The van der Waals surface area contributed by atoms with Crippen molar-refractivity contribution in [2.75, 3.05) is 7.11 Å². The van der Waals surface area contributed by atoms with Gasteiger partial charge in [-0.3, -0.25) is 9.59 Å². The minimum absolute atomic E-state index is 0.00392. The molecule has 1 aromatic heterocycles. The highest BCUT2D eigenvalue weighted by Crippen LogP contribution is 2.58. The summed E-state index contributed by atoms with van der Waals surface area (Å²) in [4.78, 5) is 25.2. The highest BCUT2D eigenvalue weighted by atomic mass is 32.1. The van der Waals surface area contributed by atoms with Crippen LogP contribution in [0.4, 0.5) is 4.39 Å². The predicted octanol–water partition coefficient (Wildman–Crippen LogP) is 6.03. The van der Waals surface area contributed by atoms with Gasteiger partial charge in [-0.1, -0.05) is 24.3 Å². The van der Waals surface area contributed by atoms with E-state index in [9.17, 15) is 14.0 Å². The van der Waals surface area contributed by atoms with Gasteiger partial charge in [-0.25, -0.2) is 4.39 Å². The molecule has 2 aliphatic carbocycles. The van der Waals surface area contributed by atoms with Crippen molar-refractivity contribution in [3.05, 3.63) is 75.7 Å². The van der Waals surface area contributed by atoms with Crippen LogP contribution in [0.2, 0.25) is 0 Å². The molecule has 1 amide bonds. The number of methoxy groups -OCH3 is 1. The maximum Gasteiger partial charge on any atom is 0.261 e. The molecule has 1 spiro atoms. The molecule has 2 saturated carbocycles. The number of hydrogen-bond donors (Lipinski definition) is 1. The van der Waals surface area contributed by atoms with Gasteiger partial charge in [0.2, 0.25) is 0 Å². The number of halogens is 1. The first-order valence-corrected chi connectivity index (χ1v) is 12.5. The van der Waals surface area contributed by atoms with Crippen LogP contribution in [0.15, 0.2) is 53.9 Å². The van der Waals surface area contributed by atoms with E-state index in [1.54, 1.807) is 6.92 Å². The molecule has 34 heavy (non-hydrogen) atoms. The first-order valence-electron chi connectivity index (χ1n) is 11.7. The summed E-state index contributed by atoms with van der Waals surface area (Å²) < 4.78 is 19.0. The zero-order chi connectivity index (χ0) is 23.9. The summed E-state index contributed by atoms with van der Waals surface area (Å²) in [6, 6.07) is 14.9. The Balaban J connectivity index is 1.20. The van der Waals surface area contributed by atoms with Gasteiger partial charge in [0.05, 0.1) is 12.0 Å². The van der Waals surface area contributed by atoms with E-state index in [-0.39, 0.29) is 23.7 Å². The molecule has 2 fully saturated rings. The van der Waals surface area contributed by atoms with Crippen LogP contribution < -0.4 is 10.1 Å². The Morgan fingerprint density at radius 2 is 1.79 bits per heavy atom. The van der Waals surface area contributed by atoms with Crippen LogP contribution >= 0.6 is 11.3 Å². The molecule has 2 aliphatic rings. The summed E-state index contributed by atoms with van der Waals surface area (Å²) in [5, 5.41) is 5.16. The number of Topliss-reactive ketones (excluding diaryl/α,β-unsaturated/α-hetero) is 1. The van der Waals surface area contributed by atoms with Gasteiger partial charge < -0.3 is 10.1 Å². The predicted molar refractivity (Wildman–Crippen MR) is 132 cm³/mol. The summed E-state index contributed by atoms with van der Waals surface area (Å²) in [6.45, 7) is 1.68. The Bertz CT molecular complexity index is 1220. The van der Waals surface area contributed by atoms with Gasteiger partial charge in [0.15, 0.2) is 0 Å². The van der Waals surface area contributed by atoms with Crippen LogP contribution in [0.25, 0.3) is 11.1 Å². The average molecular weight is 478 g/mol. The van der Waals surface area contributed by atoms with Gasteiger partial charge in [-0.15, -0.1) is 11.3 Å². The number of hydrogen-bond acceptors (Lipinski definition) is 4. The molecule has 1 heterocycles. The molecule has 1 N–H and O–H groups in total. The fourth-order valence-corrected chi connectivity index (χ4v) is 6.33. The third kappa shape index (κ3) is 4.51. The van der Waals surface area contributed by atoms with E-state index in [4.69, 9.17) is 4.74 Å². The molecule has 0 aliphatic heterocycles. The largest absolute Gasteiger partial charge is 0.497 e. The average Bonchev–Trinajstić information content (AvgIpc) is 3.22. The Morgan fingerprint density at radius 1 is 1.06 bits per heavy atom. The molecular formula is C28H28FNO3S. The summed E-state index contributed by atoms with van der Waals surface area (Å²) in [7, 11) is 1.52. The van der Waals surface area contributed by atoms with Gasteiger partial charge in [0.1, 0.15) is 17.3 Å². The zero-order valence-corrected chi connectivity index (χ0v) is 20.2. The lowest BCUT2D eigenvalue weighted by Crippen LogP contribution is -2.57. The van der Waals surface area contributed by atoms with Crippen LogP contribution in [-0.4, -0.2) is 24.8 Å². The van der Waals surface area contributed by atoms with Crippen molar-refractivity contribution in [2.45, 2.75) is 45.1 Å². The monoisotopic (exact) mass is 477 g/mol. The minimum Gasteiger partial charge on any atom is -0.497 e. The summed E-state index contributed by atoms with van der Waals surface area (Å²) >= 11 is 1.47. The van der Waals surface area contributed by atoms with Crippen molar-refractivity contribution in [1.82, 2.24) is 5.32 Å². The Morgan fingerprint density at radius 3 is 2.47 bits per heavy atom. The van der Waals surface area contributed by atoms with Crippen LogP contribution in [-0.2, 0) is 11.2 Å². The lowest BCUT2D eigenvalue weighted by Gasteiger charge is -2.57. The van der Waals surface area contributed by atoms with Crippen LogP contribution in [0.1, 0.15) is 53.4 Å². The van der Waals surface area contributed by atoms with Crippen LogP contribution in [0.5, 0.6) is 5.75 Å². The van der Waals surface area contributed by atoms with E-state index in [1.165, 1.54) is 30.6 Å². The number of carbonyl (C=O) groups is 2. The Hall–Kier alpha value is -2.99. The van der Waals surface area contributed by atoms with Crippen molar-refractivity contribution in [3.8, 4) is 16.9 Å². The number of amides is 1. The second-order valence-electron chi connectivity index (χ2n) is 9.82. The smallest absolute Gasteiger partial charge is 0.261 e. The highest BCUT2D eigenvalue weighted by molar-refractivity contribution is 7.12. The molecule has 3 aromatic rings. The van der Waals surface area contributed by atoms with Crippen molar-refractivity contribution in [2.24, 2.45) is 11.3 Å².